The molecular weight excluding hydrogens is 452 g/mol. The Labute approximate surface area is 201 Å². The van der Waals surface area contributed by atoms with Gasteiger partial charge in [-0.1, -0.05) is 0 Å². The fourth-order valence-corrected chi connectivity index (χ4v) is 5.12. The van der Waals surface area contributed by atoms with Crippen LogP contribution in [-0.2, 0) is 9.47 Å². The van der Waals surface area contributed by atoms with E-state index in [-0.39, 0.29) is 60.1 Å². The molecule has 0 spiro atoms. The molecule has 180 valence electrons. The molecule has 9 heteroatoms. The van der Waals surface area contributed by atoms with E-state index >= 15 is 0 Å². The van der Waals surface area contributed by atoms with Crippen LogP contribution in [0.1, 0.15) is 67.1 Å². The summed E-state index contributed by atoms with van der Waals surface area (Å²) in [6.45, 7) is 1.78. The van der Waals surface area contributed by atoms with Gasteiger partial charge in [0, 0.05) is 13.2 Å². The van der Waals surface area contributed by atoms with E-state index in [0.29, 0.717) is 35.8 Å². The molecule has 2 saturated heterocycles. The van der Waals surface area contributed by atoms with Crippen molar-refractivity contribution in [1.29, 1.82) is 0 Å². The highest BCUT2D eigenvalue weighted by molar-refractivity contribution is 6.22. The van der Waals surface area contributed by atoms with Crippen LogP contribution in [0.15, 0.2) is 36.4 Å². The molecule has 0 bridgehead atoms. The molecule has 4 amide bonds. The maximum absolute atomic E-state index is 12.9. The van der Waals surface area contributed by atoms with E-state index in [2.05, 4.69) is 0 Å². The highest BCUT2D eigenvalue weighted by atomic mass is 16.5. The summed E-state index contributed by atoms with van der Waals surface area (Å²) < 4.78 is 17.1. The van der Waals surface area contributed by atoms with E-state index in [1.54, 1.807) is 24.3 Å². The zero-order chi connectivity index (χ0) is 24.1. The second-order valence-corrected chi connectivity index (χ2v) is 9.23. The minimum Gasteiger partial charge on any atom is -0.457 e. The van der Waals surface area contributed by atoms with Crippen molar-refractivity contribution in [2.75, 3.05) is 26.3 Å². The maximum atomic E-state index is 12.9. The molecule has 0 radical (unpaired) electrons. The van der Waals surface area contributed by atoms with Crippen LogP contribution >= 0.6 is 0 Å². The van der Waals surface area contributed by atoms with E-state index in [4.69, 9.17) is 14.2 Å². The Morgan fingerprint density at radius 2 is 1.09 bits per heavy atom. The van der Waals surface area contributed by atoms with Crippen LogP contribution in [0.3, 0.4) is 0 Å². The molecule has 2 aromatic rings. The van der Waals surface area contributed by atoms with Gasteiger partial charge in [-0.2, -0.15) is 0 Å². The van der Waals surface area contributed by atoms with Gasteiger partial charge in [0.2, 0.25) is 0 Å². The molecule has 4 aliphatic heterocycles. The highest BCUT2D eigenvalue weighted by Gasteiger charge is 2.39. The summed E-state index contributed by atoms with van der Waals surface area (Å²) in [7, 11) is 0. The molecule has 0 aromatic heterocycles. The first-order valence-corrected chi connectivity index (χ1v) is 11.9. The number of ether oxygens (including phenoxy) is 3. The predicted molar refractivity (Wildman–Crippen MR) is 122 cm³/mol. The van der Waals surface area contributed by atoms with Crippen molar-refractivity contribution >= 4 is 23.6 Å². The van der Waals surface area contributed by atoms with E-state index in [1.807, 2.05) is 0 Å². The molecule has 0 N–H and O–H groups in total. The molecular formula is C26H24N2O7. The molecule has 35 heavy (non-hydrogen) atoms. The lowest BCUT2D eigenvalue weighted by atomic mass is 10.1. The summed E-state index contributed by atoms with van der Waals surface area (Å²) in [5.74, 6) is -0.690. The summed E-state index contributed by atoms with van der Waals surface area (Å²) in [5, 5.41) is 0. The number of hydrogen-bond acceptors (Lipinski definition) is 7. The molecule has 4 aliphatic rings. The first-order chi connectivity index (χ1) is 17.0. The van der Waals surface area contributed by atoms with Gasteiger partial charge in [0.25, 0.3) is 23.6 Å². The third-order valence-electron chi connectivity index (χ3n) is 6.94. The molecule has 2 unspecified atom stereocenters. The second kappa shape index (κ2) is 8.58. The van der Waals surface area contributed by atoms with E-state index in [1.165, 1.54) is 21.9 Å². The Balaban J connectivity index is 1.19. The van der Waals surface area contributed by atoms with Gasteiger partial charge in [-0.3, -0.25) is 29.0 Å². The van der Waals surface area contributed by atoms with Crippen molar-refractivity contribution in [1.82, 2.24) is 9.80 Å². The minimum absolute atomic E-state index is 0.126. The maximum Gasteiger partial charge on any atom is 0.261 e. The summed E-state index contributed by atoms with van der Waals surface area (Å²) in [5.41, 5.74) is 1.22. The van der Waals surface area contributed by atoms with Crippen molar-refractivity contribution in [3.8, 4) is 11.5 Å². The van der Waals surface area contributed by atoms with E-state index < -0.39 is 0 Å². The average molecular weight is 476 g/mol. The van der Waals surface area contributed by atoms with E-state index in [0.717, 1.165) is 25.7 Å². The van der Waals surface area contributed by atoms with E-state index in [9.17, 15) is 19.2 Å². The molecule has 9 nitrogen and oxygen atoms in total. The zero-order valence-electron chi connectivity index (χ0n) is 19.0. The number of rotatable bonds is 6. The lowest BCUT2D eigenvalue weighted by molar-refractivity contribution is 0.0468. The van der Waals surface area contributed by atoms with Gasteiger partial charge in [-0.05, 0) is 62.1 Å². The Morgan fingerprint density at radius 3 is 1.49 bits per heavy atom. The number of hydrogen-bond donors (Lipinski definition) is 0. The van der Waals surface area contributed by atoms with Gasteiger partial charge in [-0.25, -0.2) is 0 Å². The smallest absolute Gasteiger partial charge is 0.261 e. The van der Waals surface area contributed by atoms with Crippen molar-refractivity contribution in [2.45, 2.75) is 37.9 Å². The monoisotopic (exact) mass is 476 g/mol. The number of carbonyl (C=O) groups excluding carboxylic acids is 4. The highest BCUT2D eigenvalue weighted by Crippen LogP contribution is 2.33. The summed E-state index contributed by atoms with van der Waals surface area (Å²) >= 11 is 0. The molecule has 6 rings (SSSR count). The van der Waals surface area contributed by atoms with Crippen LogP contribution in [0.4, 0.5) is 0 Å². The Hall–Kier alpha value is -3.56. The molecule has 0 aliphatic carbocycles. The molecule has 0 saturated carbocycles. The third-order valence-corrected chi connectivity index (χ3v) is 6.94. The van der Waals surface area contributed by atoms with Gasteiger partial charge < -0.3 is 14.2 Å². The summed E-state index contributed by atoms with van der Waals surface area (Å²) in [6, 6.07) is 9.45. The number of fused-ring (bicyclic) bond motifs is 2. The third kappa shape index (κ3) is 3.81. The second-order valence-electron chi connectivity index (χ2n) is 9.23. The molecule has 2 fully saturated rings. The number of benzene rings is 2. The van der Waals surface area contributed by atoms with Gasteiger partial charge in [0.05, 0.1) is 47.6 Å². The van der Waals surface area contributed by atoms with Crippen molar-refractivity contribution in [2.24, 2.45) is 0 Å². The normalized spacial score (nSPS) is 23.4. The Morgan fingerprint density at radius 1 is 0.657 bits per heavy atom. The first kappa shape index (κ1) is 21.9. The topological polar surface area (TPSA) is 102 Å². The van der Waals surface area contributed by atoms with Crippen LogP contribution < -0.4 is 4.74 Å². The van der Waals surface area contributed by atoms with Gasteiger partial charge in [0.1, 0.15) is 11.5 Å². The first-order valence-electron chi connectivity index (χ1n) is 11.9. The van der Waals surface area contributed by atoms with Crippen LogP contribution in [0.2, 0.25) is 0 Å². The lowest BCUT2D eigenvalue weighted by Crippen LogP contribution is -2.36. The number of nitrogens with zero attached hydrogens (tertiary/aromatic N) is 2. The Kier molecular flexibility index (Phi) is 5.38. The number of imide groups is 2. The van der Waals surface area contributed by atoms with Crippen molar-refractivity contribution in [3.05, 3.63) is 58.7 Å². The van der Waals surface area contributed by atoms with Crippen LogP contribution in [0.25, 0.3) is 0 Å². The fraction of sp³-hybridized carbons (Fsp3) is 0.385. The number of amides is 4. The zero-order valence-corrected chi connectivity index (χ0v) is 19.0. The lowest BCUT2D eigenvalue weighted by Gasteiger charge is -2.17. The van der Waals surface area contributed by atoms with Crippen LogP contribution in [0.5, 0.6) is 11.5 Å². The van der Waals surface area contributed by atoms with Gasteiger partial charge in [-0.15, -0.1) is 0 Å². The number of carbonyl (C=O) groups is 4. The fourth-order valence-electron chi connectivity index (χ4n) is 5.12. The van der Waals surface area contributed by atoms with Crippen molar-refractivity contribution < 1.29 is 33.4 Å². The molecule has 4 heterocycles. The van der Waals surface area contributed by atoms with Crippen LogP contribution in [0, 0.1) is 0 Å². The standard InChI is InChI=1S/C26H24N2O7/c29-23-19-7-5-15(11-21(19)25(31)27(23)13-17-3-1-9-33-17)35-16-6-8-20-22(12-16)26(32)28(24(20)30)14-18-4-2-10-34-18/h5-8,11-12,17-18H,1-4,9-10,13-14H2. The van der Waals surface area contributed by atoms with Gasteiger partial charge >= 0.3 is 0 Å². The van der Waals surface area contributed by atoms with Gasteiger partial charge in [0.15, 0.2) is 0 Å². The van der Waals surface area contributed by atoms with Crippen molar-refractivity contribution in [3.63, 3.8) is 0 Å². The molecule has 2 aromatic carbocycles. The predicted octanol–water partition coefficient (Wildman–Crippen LogP) is 3.03. The summed E-state index contributed by atoms with van der Waals surface area (Å²) in [4.78, 5) is 53.7. The Bertz CT molecular complexity index is 1150. The largest absolute Gasteiger partial charge is 0.457 e. The summed E-state index contributed by atoms with van der Waals surface area (Å²) in [6.07, 6.45) is 3.25. The minimum atomic E-state index is -0.370. The molecule has 2 atom stereocenters. The SMILES string of the molecule is O=C1c2ccc(Oc3ccc4c(c3)C(=O)N(CC3CCCO3)C4=O)cc2C(=O)N1CC1CCCO1. The quantitative estimate of drug-likeness (QED) is 0.591. The van der Waals surface area contributed by atoms with Crippen LogP contribution in [-0.4, -0.2) is 71.9 Å². The average Bonchev–Trinajstić information content (AvgIpc) is 3.65.